The molecule has 0 radical (unpaired) electrons. The van der Waals surface area contributed by atoms with Gasteiger partial charge in [0.25, 0.3) is 0 Å². The standard InChI is InChI=1S/C15H12Br2ClF/c16-12-6-10(7-13(19)8-12)5-11(9-18)14-3-1-2-4-15(14)17/h1-4,6-8,11H,5,9H2. The summed E-state index contributed by atoms with van der Waals surface area (Å²) >= 11 is 12.9. The molecule has 0 aromatic heterocycles. The minimum atomic E-state index is -0.232. The predicted octanol–water partition coefficient (Wildman–Crippen LogP) is 5.92. The molecule has 0 spiro atoms. The Kier molecular flexibility index (Phi) is 5.43. The molecule has 0 fully saturated rings. The molecule has 1 unspecified atom stereocenters. The van der Waals surface area contributed by atoms with Crippen LogP contribution in [0, 0.1) is 5.82 Å². The second-order valence-corrected chi connectivity index (χ2v) is 6.43. The Bertz CT molecular complexity index is 552. The van der Waals surface area contributed by atoms with E-state index in [0.29, 0.717) is 12.3 Å². The van der Waals surface area contributed by atoms with Gasteiger partial charge in [0, 0.05) is 20.7 Å². The SMILES string of the molecule is Fc1cc(Br)cc(CC(CCl)c2ccccc2Br)c1. The van der Waals surface area contributed by atoms with Crippen LogP contribution >= 0.6 is 43.5 Å². The lowest BCUT2D eigenvalue weighted by Gasteiger charge is -2.16. The van der Waals surface area contributed by atoms with Crippen molar-refractivity contribution in [3.63, 3.8) is 0 Å². The van der Waals surface area contributed by atoms with Gasteiger partial charge >= 0.3 is 0 Å². The molecule has 0 amide bonds. The van der Waals surface area contributed by atoms with Crippen molar-refractivity contribution in [1.29, 1.82) is 0 Å². The van der Waals surface area contributed by atoms with Crippen LogP contribution < -0.4 is 0 Å². The predicted molar refractivity (Wildman–Crippen MR) is 85.4 cm³/mol. The molecule has 0 bridgehead atoms. The van der Waals surface area contributed by atoms with Crippen LogP contribution in [0.2, 0.25) is 0 Å². The molecule has 0 saturated carbocycles. The summed E-state index contributed by atoms with van der Waals surface area (Å²) in [6.45, 7) is 0. The molecule has 100 valence electrons. The molecule has 0 N–H and O–H groups in total. The zero-order valence-electron chi connectivity index (χ0n) is 10.0. The number of hydrogen-bond donors (Lipinski definition) is 0. The van der Waals surface area contributed by atoms with Crippen molar-refractivity contribution < 1.29 is 4.39 Å². The second kappa shape index (κ2) is 6.87. The maximum absolute atomic E-state index is 13.4. The number of rotatable bonds is 4. The van der Waals surface area contributed by atoms with E-state index in [1.165, 1.54) is 6.07 Å². The van der Waals surface area contributed by atoms with E-state index in [-0.39, 0.29) is 11.7 Å². The largest absolute Gasteiger partial charge is 0.207 e. The molecule has 0 saturated heterocycles. The average Bonchev–Trinajstić information content (AvgIpc) is 2.36. The highest BCUT2D eigenvalue weighted by Crippen LogP contribution is 2.29. The van der Waals surface area contributed by atoms with Crippen LogP contribution in [0.25, 0.3) is 0 Å². The molecule has 1 atom stereocenters. The van der Waals surface area contributed by atoms with Crippen LogP contribution in [0.5, 0.6) is 0 Å². The number of hydrogen-bond acceptors (Lipinski definition) is 0. The van der Waals surface area contributed by atoms with E-state index in [9.17, 15) is 4.39 Å². The Morgan fingerprint density at radius 3 is 2.47 bits per heavy atom. The van der Waals surface area contributed by atoms with Gasteiger partial charge in [-0.25, -0.2) is 4.39 Å². The Morgan fingerprint density at radius 2 is 1.84 bits per heavy atom. The fourth-order valence-electron chi connectivity index (χ4n) is 2.07. The van der Waals surface area contributed by atoms with E-state index in [2.05, 4.69) is 31.9 Å². The summed E-state index contributed by atoms with van der Waals surface area (Å²) in [5.41, 5.74) is 2.09. The first-order valence-electron chi connectivity index (χ1n) is 5.85. The summed E-state index contributed by atoms with van der Waals surface area (Å²) in [5, 5.41) is 0. The third kappa shape index (κ3) is 4.04. The Balaban J connectivity index is 2.26. The van der Waals surface area contributed by atoms with Crippen molar-refractivity contribution >= 4 is 43.5 Å². The molecule has 0 heterocycles. The van der Waals surface area contributed by atoms with Gasteiger partial charge in [-0.05, 0) is 41.8 Å². The van der Waals surface area contributed by atoms with E-state index in [1.807, 2.05) is 30.3 Å². The first-order chi connectivity index (χ1) is 9.10. The zero-order valence-corrected chi connectivity index (χ0v) is 14.0. The summed E-state index contributed by atoms with van der Waals surface area (Å²) in [6.07, 6.45) is 0.711. The monoisotopic (exact) mass is 404 g/mol. The highest BCUT2D eigenvalue weighted by atomic mass is 79.9. The number of alkyl halides is 1. The Labute approximate surface area is 134 Å². The van der Waals surface area contributed by atoms with Crippen molar-refractivity contribution in [1.82, 2.24) is 0 Å². The molecular formula is C15H12Br2ClF. The van der Waals surface area contributed by atoms with E-state index in [0.717, 1.165) is 20.1 Å². The lowest BCUT2D eigenvalue weighted by molar-refractivity contribution is 0.622. The van der Waals surface area contributed by atoms with Crippen molar-refractivity contribution in [3.8, 4) is 0 Å². The van der Waals surface area contributed by atoms with Crippen LogP contribution in [-0.4, -0.2) is 5.88 Å². The van der Waals surface area contributed by atoms with Crippen LogP contribution in [-0.2, 0) is 6.42 Å². The highest BCUT2D eigenvalue weighted by Gasteiger charge is 2.14. The first-order valence-corrected chi connectivity index (χ1v) is 7.97. The van der Waals surface area contributed by atoms with E-state index < -0.39 is 0 Å². The molecule has 0 aliphatic rings. The zero-order chi connectivity index (χ0) is 13.8. The molecule has 2 aromatic carbocycles. The minimum Gasteiger partial charge on any atom is -0.207 e. The van der Waals surface area contributed by atoms with Gasteiger partial charge in [-0.1, -0.05) is 50.1 Å². The van der Waals surface area contributed by atoms with Gasteiger partial charge in [0.15, 0.2) is 0 Å². The van der Waals surface area contributed by atoms with Crippen LogP contribution in [0.15, 0.2) is 51.4 Å². The topological polar surface area (TPSA) is 0 Å². The van der Waals surface area contributed by atoms with Crippen LogP contribution in [0.1, 0.15) is 17.0 Å². The summed E-state index contributed by atoms with van der Waals surface area (Å²) in [6, 6.07) is 12.9. The van der Waals surface area contributed by atoms with Crippen LogP contribution in [0.4, 0.5) is 4.39 Å². The first kappa shape index (κ1) is 15.0. The van der Waals surface area contributed by atoms with Gasteiger partial charge < -0.3 is 0 Å². The lowest BCUT2D eigenvalue weighted by atomic mass is 9.93. The van der Waals surface area contributed by atoms with Gasteiger partial charge in [-0.15, -0.1) is 11.6 Å². The molecule has 0 aliphatic carbocycles. The van der Waals surface area contributed by atoms with Crippen molar-refractivity contribution in [2.45, 2.75) is 12.3 Å². The van der Waals surface area contributed by atoms with E-state index in [4.69, 9.17) is 11.6 Å². The van der Waals surface area contributed by atoms with E-state index >= 15 is 0 Å². The number of benzene rings is 2. The normalized spacial score (nSPS) is 12.4. The fraction of sp³-hybridized carbons (Fsp3) is 0.200. The van der Waals surface area contributed by atoms with Gasteiger partial charge in [0.05, 0.1) is 0 Å². The van der Waals surface area contributed by atoms with Crippen LogP contribution in [0.3, 0.4) is 0 Å². The average molecular weight is 407 g/mol. The Morgan fingerprint density at radius 1 is 1.11 bits per heavy atom. The second-order valence-electron chi connectivity index (χ2n) is 4.35. The molecule has 2 rings (SSSR count). The summed E-state index contributed by atoms with van der Waals surface area (Å²) < 4.78 is 15.2. The number of halogens is 4. The smallest absolute Gasteiger partial charge is 0.124 e. The summed E-state index contributed by atoms with van der Waals surface area (Å²) in [5.74, 6) is 0.423. The minimum absolute atomic E-state index is 0.158. The molecule has 4 heteroatoms. The maximum atomic E-state index is 13.4. The fourth-order valence-corrected chi connectivity index (χ4v) is 3.46. The van der Waals surface area contributed by atoms with Crippen molar-refractivity contribution in [3.05, 3.63) is 68.4 Å². The highest BCUT2D eigenvalue weighted by molar-refractivity contribution is 9.10. The molecule has 0 aliphatic heterocycles. The van der Waals surface area contributed by atoms with Crippen molar-refractivity contribution in [2.24, 2.45) is 0 Å². The maximum Gasteiger partial charge on any atom is 0.124 e. The molecule has 0 nitrogen and oxygen atoms in total. The third-order valence-electron chi connectivity index (χ3n) is 2.94. The van der Waals surface area contributed by atoms with Gasteiger partial charge in [0.2, 0.25) is 0 Å². The summed E-state index contributed by atoms with van der Waals surface area (Å²) in [7, 11) is 0. The lowest BCUT2D eigenvalue weighted by Crippen LogP contribution is -2.06. The Hall–Kier alpha value is -0.380. The molecule has 19 heavy (non-hydrogen) atoms. The molecule has 2 aromatic rings. The van der Waals surface area contributed by atoms with Crippen molar-refractivity contribution in [2.75, 3.05) is 5.88 Å². The van der Waals surface area contributed by atoms with E-state index in [1.54, 1.807) is 6.07 Å². The third-order valence-corrected chi connectivity index (χ3v) is 4.49. The van der Waals surface area contributed by atoms with Gasteiger partial charge in [-0.2, -0.15) is 0 Å². The van der Waals surface area contributed by atoms with Gasteiger partial charge in [0.1, 0.15) is 5.82 Å². The van der Waals surface area contributed by atoms with Gasteiger partial charge in [-0.3, -0.25) is 0 Å². The summed E-state index contributed by atoms with van der Waals surface area (Å²) in [4.78, 5) is 0. The molecular weight excluding hydrogens is 394 g/mol. The quantitative estimate of drug-likeness (QED) is 0.553.